The zero-order chi connectivity index (χ0) is 37.5. The third-order valence-electron chi connectivity index (χ3n) is 10.6. The highest BCUT2D eigenvalue weighted by molar-refractivity contribution is 7.15. The number of imide groups is 1. The van der Waals surface area contributed by atoms with Crippen LogP contribution >= 0.6 is 22.9 Å². The Morgan fingerprint density at radius 3 is 2.59 bits per heavy atom. The van der Waals surface area contributed by atoms with Gasteiger partial charge in [-0.15, -0.1) is 21.5 Å². The molecule has 11 nitrogen and oxygen atoms in total. The fraction of sp³-hybridized carbons (Fsp3) is 0.341. The Morgan fingerprint density at radius 1 is 0.981 bits per heavy atom. The van der Waals surface area contributed by atoms with Crippen molar-refractivity contribution in [3.63, 3.8) is 0 Å². The highest BCUT2D eigenvalue weighted by Crippen LogP contribution is 2.40. The Kier molecular flexibility index (Phi) is 9.89. The molecule has 2 atom stereocenters. The van der Waals surface area contributed by atoms with E-state index in [0.717, 1.165) is 89.1 Å². The molecule has 2 aromatic carbocycles. The SMILES string of the molecule is Cc1c(CCc2ccc(CCCCNc3cccc4c3CN(C3CCC(=O)NC3=O)C4=O)nc2)sc2c1C(c1ccc(Cl)cc1)=N[C@@H](C)c1nnc(C)n1-2. The quantitative estimate of drug-likeness (QED) is 0.111. The van der Waals surface area contributed by atoms with Crippen LogP contribution in [0.4, 0.5) is 5.69 Å². The molecule has 0 aliphatic carbocycles. The first-order valence-electron chi connectivity index (χ1n) is 18.5. The zero-order valence-electron chi connectivity index (χ0n) is 30.5. The van der Waals surface area contributed by atoms with Crippen molar-refractivity contribution in [3.05, 3.63) is 121 Å². The number of pyridine rings is 1. The van der Waals surface area contributed by atoms with Gasteiger partial charge in [0.05, 0.1) is 5.71 Å². The van der Waals surface area contributed by atoms with Gasteiger partial charge >= 0.3 is 0 Å². The number of aromatic nitrogens is 4. The third-order valence-corrected chi connectivity index (χ3v) is 12.2. The lowest BCUT2D eigenvalue weighted by Gasteiger charge is -2.29. The van der Waals surface area contributed by atoms with Gasteiger partial charge in [0, 0.05) is 69.2 Å². The summed E-state index contributed by atoms with van der Waals surface area (Å²) in [7, 11) is 0. The van der Waals surface area contributed by atoms with E-state index < -0.39 is 11.9 Å². The molecular formula is C41H41ClN8O3S. The second kappa shape index (κ2) is 14.9. The van der Waals surface area contributed by atoms with Crippen molar-refractivity contribution in [2.45, 2.75) is 84.3 Å². The minimum Gasteiger partial charge on any atom is -0.385 e. The number of aliphatic imine (C=N–C) groups is 1. The molecule has 3 aromatic heterocycles. The number of fused-ring (bicyclic) bond motifs is 4. The molecule has 1 unspecified atom stereocenters. The van der Waals surface area contributed by atoms with Gasteiger partial charge in [0.1, 0.15) is 22.9 Å². The summed E-state index contributed by atoms with van der Waals surface area (Å²) in [6.45, 7) is 7.37. The Labute approximate surface area is 322 Å². The van der Waals surface area contributed by atoms with Crippen LogP contribution in [0.2, 0.25) is 5.02 Å². The number of thiophene rings is 1. The van der Waals surface area contributed by atoms with E-state index >= 15 is 0 Å². The summed E-state index contributed by atoms with van der Waals surface area (Å²) in [5.74, 6) is 0.857. The number of amides is 3. The molecular weight excluding hydrogens is 720 g/mol. The van der Waals surface area contributed by atoms with Gasteiger partial charge in [-0.3, -0.25) is 34.2 Å². The molecule has 5 aromatic rings. The second-order valence-electron chi connectivity index (χ2n) is 14.2. The zero-order valence-corrected chi connectivity index (χ0v) is 32.1. The summed E-state index contributed by atoms with van der Waals surface area (Å²) >= 11 is 8.04. The molecule has 3 aliphatic heterocycles. The van der Waals surface area contributed by atoms with Gasteiger partial charge in [0.2, 0.25) is 11.8 Å². The Morgan fingerprint density at radius 2 is 1.81 bits per heavy atom. The molecule has 0 spiro atoms. The Hall–Kier alpha value is -5.20. The van der Waals surface area contributed by atoms with E-state index in [-0.39, 0.29) is 24.3 Å². The van der Waals surface area contributed by atoms with Crippen LogP contribution in [0.1, 0.15) is 99.0 Å². The molecule has 6 heterocycles. The first kappa shape index (κ1) is 35.8. The van der Waals surface area contributed by atoms with Crippen LogP contribution in [-0.2, 0) is 35.4 Å². The van der Waals surface area contributed by atoms with Crippen LogP contribution in [0.3, 0.4) is 0 Å². The van der Waals surface area contributed by atoms with Crippen molar-refractivity contribution < 1.29 is 14.4 Å². The van der Waals surface area contributed by atoms with Gasteiger partial charge in [-0.05, 0) is 101 Å². The number of aryl methyl sites for hydroxylation is 4. The molecule has 0 radical (unpaired) electrons. The van der Waals surface area contributed by atoms with Crippen LogP contribution in [0.15, 0.2) is 65.8 Å². The highest BCUT2D eigenvalue weighted by atomic mass is 35.5. The number of nitrogens with zero attached hydrogens (tertiary/aromatic N) is 6. The average molecular weight is 761 g/mol. The predicted octanol–water partition coefficient (Wildman–Crippen LogP) is 6.89. The molecule has 1 saturated heterocycles. The van der Waals surface area contributed by atoms with Crippen LogP contribution in [0.25, 0.3) is 5.00 Å². The molecule has 0 bridgehead atoms. The fourth-order valence-corrected chi connectivity index (χ4v) is 9.16. The van der Waals surface area contributed by atoms with Crippen molar-refractivity contribution in [2.75, 3.05) is 11.9 Å². The third kappa shape index (κ3) is 6.84. The highest BCUT2D eigenvalue weighted by Gasteiger charge is 2.40. The number of benzene rings is 2. The van der Waals surface area contributed by atoms with E-state index in [1.54, 1.807) is 16.2 Å². The smallest absolute Gasteiger partial charge is 0.255 e. The normalized spacial score (nSPS) is 17.8. The topological polar surface area (TPSA) is 134 Å². The molecule has 0 saturated carbocycles. The monoisotopic (exact) mass is 760 g/mol. The number of anilines is 1. The van der Waals surface area contributed by atoms with Crippen LogP contribution in [-0.4, -0.2) is 60.7 Å². The van der Waals surface area contributed by atoms with Gasteiger partial charge in [0.25, 0.3) is 5.91 Å². The number of piperidine rings is 1. The number of carbonyl (C=O) groups is 3. The first-order chi connectivity index (χ1) is 26.2. The Balaban J connectivity index is 0.870. The molecule has 1 fully saturated rings. The second-order valence-corrected chi connectivity index (χ2v) is 15.7. The predicted molar refractivity (Wildman–Crippen MR) is 210 cm³/mol. The van der Waals surface area contributed by atoms with E-state index in [1.165, 1.54) is 16.0 Å². The summed E-state index contributed by atoms with van der Waals surface area (Å²) in [5, 5.41) is 16.6. The summed E-state index contributed by atoms with van der Waals surface area (Å²) in [4.78, 5) is 50.1. The van der Waals surface area contributed by atoms with Crippen LogP contribution in [0, 0.1) is 13.8 Å². The van der Waals surface area contributed by atoms with E-state index in [9.17, 15) is 14.4 Å². The van der Waals surface area contributed by atoms with Crippen molar-refractivity contribution in [2.24, 2.45) is 4.99 Å². The lowest BCUT2D eigenvalue weighted by atomic mass is 9.98. The van der Waals surface area contributed by atoms with Gasteiger partial charge in [0.15, 0.2) is 5.82 Å². The lowest BCUT2D eigenvalue weighted by molar-refractivity contribution is -0.136. The summed E-state index contributed by atoms with van der Waals surface area (Å²) in [6.07, 6.45) is 7.14. The van der Waals surface area contributed by atoms with Gasteiger partial charge in [-0.1, -0.05) is 35.9 Å². The van der Waals surface area contributed by atoms with Crippen molar-refractivity contribution in [3.8, 4) is 5.00 Å². The molecule has 3 aliphatic rings. The summed E-state index contributed by atoms with van der Waals surface area (Å²) < 4.78 is 2.17. The molecule has 2 N–H and O–H groups in total. The minimum atomic E-state index is -0.620. The van der Waals surface area contributed by atoms with Gasteiger partial charge < -0.3 is 10.2 Å². The number of unbranched alkanes of at least 4 members (excludes halogenated alkanes) is 1. The summed E-state index contributed by atoms with van der Waals surface area (Å²) in [5.41, 5.74) is 9.05. The van der Waals surface area contributed by atoms with E-state index in [0.29, 0.717) is 23.6 Å². The molecule has 8 rings (SSSR count). The van der Waals surface area contributed by atoms with Crippen molar-refractivity contribution in [1.29, 1.82) is 0 Å². The molecule has 54 heavy (non-hydrogen) atoms. The summed E-state index contributed by atoms with van der Waals surface area (Å²) in [6, 6.07) is 17.1. The maximum atomic E-state index is 13.1. The van der Waals surface area contributed by atoms with Crippen molar-refractivity contribution >= 4 is 52.1 Å². The number of nitrogens with one attached hydrogen (secondary N) is 2. The maximum Gasteiger partial charge on any atom is 0.255 e. The van der Waals surface area contributed by atoms with Crippen LogP contribution in [0.5, 0.6) is 0 Å². The average Bonchev–Trinajstić information content (AvgIpc) is 3.79. The lowest BCUT2D eigenvalue weighted by Crippen LogP contribution is -2.52. The molecule has 3 amide bonds. The van der Waals surface area contributed by atoms with Gasteiger partial charge in [-0.2, -0.15) is 0 Å². The molecule has 13 heteroatoms. The van der Waals surface area contributed by atoms with E-state index in [1.807, 2.05) is 55.6 Å². The van der Waals surface area contributed by atoms with Gasteiger partial charge in [-0.25, -0.2) is 0 Å². The van der Waals surface area contributed by atoms with E-state index in [2.05, 4.69) is 51.4 Å². The number of rotatable bonds is 11. The Bertz CT molecular complexity index is 2300. The van der Waals surface area contributed by atoms with Crippen LogP contribution < -0.4 is 10.6 Å². The van der Waals surface area contributed by atoms with Crippen molar-refractivity contribution in [1.82, 2.24) is 30.0 Å². The standard InChI is InChI=1S/C41H41ClN8O3S/c1-23-34(54-41-36(23)37(27-12-14-28(42)15-13-27)45-24(2)38-48-47-25(3)50(38)41)18-11-26-10-16-29(44-21-26)7-4-5-20-43-32-9-6-8-30-31(32)22-49(40(30)53)33-17-19-35(51)46-39(33)52/h6,8-10,12-16,21,24,33,43H,4-5,7,11,17-20,22H2,1-3H3,(H,46,51,52)/t24-,33?/m0/s1. The maximum absolute atomic E-state index is 13.1. The number of halogens is 1. The minimum absolute atomic E-state index is 0.142. The number of carbonyl (C=O) groups excluding carboxylic acids is 3. The molecule has 276 valence electrons. The fourth-order valence-electron chi connectivity index (χ4n) is 7.68. The number of hydrogen-bond acceptors (Lipinski definition) is 9. The first-order valence-corrected chi connectivity index (χ1v) is 19.7. The number of hydrogen-bond donors (Lipinski definition) is 2. The van der Waals surface area contributed by atoms with E-state index in [4.69, 9.17) is 21.6 Å². The largest absolute Gasteiger partial charge is 0.385 e.